The molecule has 1 aromatic rings. The third kappa shape index (κ3) is 6.07. The summed E-state index contributed by atoms with van der Waals surface area (Å²) >= 11 is 1.59. The molecule has 19 heavy (non-hydrogen) atoms. The number of aliphatic hydroxyl groups excluding tert-OH is 1. The van der Waals surface area contributed by atoms with Crippen LogP contribution in [0.25, 0.3) is 0 Å². The minimum Gasteiger partial charge on any atom is -0.383 e. The maximum Gasteiger partial charge on any atom is 0.249 e. The lowest BCUT2D eigenvalue weighted by Crippen LogP contribution is -2.34. The monoisotopic (exact) mass is 287 g/mol. The fraction of sp³-hybridized carbons (Fsp3) is 0.750. The Morgan fingerprint density at radius 3 is 2.89 bits per heavy atom. The number of nitrogens with one attached hydrogen (secondary N) is 1. The van der Waals surface area contributed by atoms with Gasteiger partial charge in [-0.2, -0.15) is 16.7 Å². The van der Waals surface area contributed by atoms with E-state index in [1.807, 2.05) is 6.26 Å². The Labute approximate surface area is 117 Å². The lowest BCUT2D eigenvalue weighted by atomic mass is 10.1. The van der Waals surface area contributed by atoms with Crippen molar-refractivity contribution in [2.75, 3.05) is 12.0 Å². The number of hydrogen-bond acceptors (Lipinski definition) is 6. The van der Waals surface area contributed by atoms with Crippen molar-refractivity contribution in [2.45, 2.75) is 39.3 Å². The predicted octanol–water partition coefficient (Wildman–Crippen LogP) is 0.998. The summed E-state index contributed by atoms with van der Waals surface area (Å²) in [4.78, 5) is 15.7. The Kier molecular flexibility index (Phi) is 6.86. The van der Waals surface area contributed by atoms with Gasteiger partial charge in [-0.1, -0.05) is 19.0 Å². The largest absolute Gasteiger partial charge is 0.383 e. The van der Waals surface area contributed by atoms with Crippen molar-refractivity contribution in [3.8, 4) is 0 Å². The highest BCUT2D eigenvalue weighted by molar-refractivity contribution is 7.98. The Hall–Kier alpha value is -1.08. The van der Waals surface area contributed by atoms with E-state index in [0.29, 0.717) is 24.1 Å². The minimum absolute atomic E-state index is 0.177. The molecule has 1 rings (SSSR count). The van der Waals surface area contributed by atoms with Crippen LogP contribution in [0.4, 0.5) is 0 Å². The molecule has 0 bridgehead atoms. The molecule has 0 saturated carbocycles. The number of carbonyl (C=O) groups excluding carboxylic acids is 1. The van der Waals surface area contributed by atoms with Crippen LogP contribution in [0.1, 0.15) is 32.0 Å². The van der Waals surface area contributed by atoms with Gasteiger partial charge in [0.15, 0.2) is 5.82 Å². The number of nitrogens with zero attached hydrogens (tertiary/aromatic N) is 2. The maximum atomic E-state index is 11.6. The van der Waals surface area contributed by atoms with Gasteiger partial charge in [-0.05, 0) is 24.3 Å². The van der Waals surface area contributed by atoms with Gasteiger partial charge in [-0.25, -0.2) is 0 Å². The normalized spacial score (nSPS) is 12.7. The van der Waals surface area contributed by atoms with Crippen molar-refractivity contribution >= 4 is 17.7 Å². The number of amides is 1. The van der Waals surface area contributed by atoms with Crippen molar-refractivity contribution < 1.29 is 14.4 Å². The quantitative estimate of drug-likeness (QED) is 0.741. The molecule has 0 spiro atoms. The highest BCUT2D eigenvalue weighted by Crippen LogP contribution is 2.05. The molecule has 1 aromatic heterocycles. The molecule has 108 valence electrons. The van der Waals surface area contributed by atoms with E-state index in [1.54, 1.807) is 11.8 Å². The molecule has 1 amide bonds. The molecule has 2 N–H and O–H groups in total. The fourth-order valence-corrected chi connectivity index (χ4v) is 1.90. The molecule has 6 nitrogen and oxygen atoms in total. The number of aliphatic hydroxyl groups is 1. The van der Waals surface area contributed by atoms with Crippen LogP contribution in [0.15, 0.2) is 4.52 Å². The molecule has 0 saturated heterocycles. The van der Waals surface area contributed by atoms with Gasteiger partial charge in [-0.3, -0.25) is 4.79 Å². The van der Waals surface area contributed by atoms with Gasteiger partial charge in [-0.15, -0.1) is 0 Å². The molecule has 1 heterocycles. The highest BCUT2D eigenvalue weighted by Gasteiger charge is 2.15. The topological polar surface area (TPSA) is 88.2 Å². The summed E-state index contributed by atoms with van der Waals surface area (Å²) in [6, 6.07) is 0. The molecule has 0 aliphatic rings. The van der Waals surface area contributed by atoms with Crippen molar-refractivity contribution in [1.82, 2.24) is 15.5 Å². The molecule has 7 heteroatoms. The zero-order valence-electron chi connectivity index (χ0n) is 11.5. The van der Waals surface area contributed by atoms with E-state index in [0.717, 1.165) is 12.2 Å². The highest BCUT2D eigenvalue weighted by atomic mass is 32.2. The first-order valence-electron chi connectivity index (χ1n) is 6.29. The molecule has 0 radical (unpaired) electrons. The second-order valence-electron chi connectivity index (χ2n) is 4.72. The van der Waals surface area contributed by atoms with E-state index < -0.39 is 12.0 Å². The van der Waals surface area contributed by atoms with Crippen LogP contribution in [0.2, 0.25) is 0 Å². The Morgan fingerprint density at radius 1 is 1.53 bits per heavy atom. The summed E-state index contributed by atoms with van der Waals surface area (Å²) in [6.07, 6.45) is 2.12. The van der Waals surface area contributed by atoms with Crippen LogP contribution >= 0.6 is 11.8 Å². The van der Waals surface area contributed by atoms with Crippen LogP contribution in [-0.2, 0) is 17.8 Å². The standard InChI is InChI=1S/C12H21N3O3S/c1-8(2)6-11-14-10(15-18-11)7-13-12(17)9(16)4-5-19-3/h8-9,16H,4-7H2,1-3H3,(H,13,17)/t9-/m0/s1. The van der Waals surface area contributed by atoms with Gasteiger partial charge in [0.1, 0.15) is 6.10 Å². The SMILES string of the molecule is CSCC[C@H](O)C(=O)NCc1noc(CC(C)C)n1. The molecule has 0 aliphatic heterocycles. The van der Waals surface area contributed by atoms with E-state index in [9.17, 15) is 9.90 Å². The molecule has 0 aliphatic carbocycles. The van der Waals surface area contributed by atoms with Gasteiger partial charge in [0.05, 0.1) is 6.54 Å². The number of carbonyl (C=O) groups is 1. The van der Waals surface area contributed by atoms with Gasteiger partial charge >= 0.3 is 0 Å². The molecular weight excluding hydrogens is 266 g/mol. The summed E-state index contributed by atoms with van der Waals surface area (Å²) < 4.78 is 5.05. The first-order chi connectivity index (χ1) is 9.02. The van der Waals surface area contributed by atoms with Crippen LogP contribution in [0.3, 0.4) is 0 Å². The summed E-state index contributed by atoms with van der Waals surface area (Å²) in [7, 11) is 0. The van der Waals surface area contributed by atoms with E-state index in [4.69, 9.17) is 4.52 Å². The predicted molar refractivity (Wildman–Crippen MR) is 73.7 cm³/mol. The summed E-state index contributed by atoms with van der Waals surface area (Å²) in [6.45, 7) is 4.30. The second kappa shape index (κ2) is 8.16. The number of aromatic nitrogens is 2. The van der Waals surface area contributed by atoms with Crippen LogP contribution in [-0.4, -0.2) is 39.3 Å². The maximum absolute atomic E-state index is 11.6. The van der Waals surface area contributed by atoms with Gasteiger partial charge in [0.25, 0.3) is 0 Å². The van der Waals surface area contributed by atoms with Crippen molar-refractivity contribution in [3.05, 3.63) is 11.7 Å². The van der Waals surface area contributed by atoms with Gasteiger partial charge < -0.3 is 14.9 Å². The van der Waals surface area contributed by atoms with Crippen molar-refractivity contribution in [3.63, 3.8) is 0 Å². The summed E-state index contributed by atoms with van der Waals surface area (Å²) in [5, 5.41) is 15.9. The zero-order chi connectivity index (χ0) is 14.3. The van der Waals surface area contributed by atoms with Gasteiger partial charge in [0, 0.05) is 6.42 Å². The summed E-state index contributed by atoms with van der Waals surface area (Å²) in [5.74, 6) is 1.79. The molecule has 0 fully saturated rings. The van der Waals surface area contributed by atoms with Gasteiger partial charge in [0.2, 0.25) is 11.8 Å². The van der Waals surface area contributed by atoms with E-state index in [-0.39, 0.29) is 6.54 Å². The van der Waals surface area contributed by atoms with E-state index in [2.05, 4.69) is 29.3 Å². The van der Waals surface area contributed by atoms with Crippen LogP contribution < -0.4 is 5.32 Å². The lowest BCUT2D eigenvalue weighted by Gasteiger charge is -2.08. The van der Waals surface area contributed by atoms with E-state index in [1.165, 1.54) is 0 Å². The average Bonchev–Trinajstić information content (AvgIpc) is 2.79. The molecule has 0 aromatic carbocycles. The fourth-order valence-electron chi connectivity index (χ4n) is 1.44. The first kappa shape index (κ1) is 16.0. The van der Waals surface area contributed by atoms with Crippen LogP contribution in [0, 0.1) is 5.92 Å². The molecule has 0 unspecified atom stereocenters. The Morgan fingerprint density at radius 2 is 2.26 bits per heavy atom. The Balaban J connectivity index is 2.35. The molecular formula is C12H21N3O3S. The lowest BCUT2D eigenvalue weighted by molar-refractivity contribution is -0.129. The summed E-state index contributed by atoms with van der Waals surface area (Å²) in [5.41, 5.74) is 0. The first-order valence-corrected chi connectivity index (χ1v) is 7.68. The third-order valence-corrected chi connectivity index (χ3v) is 3.06. The van der Waals surface area contributed by atoms with E-state index >= 15 is 0 Å². The Bertz CT molecular complexity index is 395. The zero-order valence-corrected chi connectivity index (χ0v) is 12.4. The number of hydrogen-bond donors (Lipinski definition) is 2. The molecule has 1 atom stereocenters. The van der Waals surface area contributed by atoms with Crippen molar-refractivity contribution in [1.29, 1.82) is 0 Å². The second-order valence-corrected chi connectivity index (χ2v) is 5.70. The third-order valence-electron chi connectivity index (χ3n) is 2.41. The van der Waals surface area contributed by atoms with Crippen LogP contribution in [0.5, 0.6) is 0 Å². The number of thioether (sulfide) groups is 1. The average molecular weight is 287 g/mol. The van der Waals surface area contributed by atoms with Crippen molar-refractivity contribution in [2.24, 2.45) is 5.92 Å². The minimum atomic E-state index is -0.977. The smallest absolute Gasteiger partial charge is 0.249 e. The number of rotatable bonds is 8.